The Balaban J connectivity index is 0.000000264. The monoisotopic (exact) mass is 652 g/mol. The summed E-state index contributed by atoms with van der Waals surface area (Å²) in [5, 5.41) is 2.69. The average molecular weight is 653 g/mol. The van der Waals surface area contributed by atoms with Gasteiger partial charge in [0.15, 0.2) is 0 Å². The van der Waals surface area contributed by atoms with Gasteiger partial charge < -0.3 is 14.0 Å². The first-order valence-electron chi connectivity index (χ1n) is 16.8. The number of pyridine rings is 1. The number of aromatic nitrogens is 2. The number of aryl methyl sites for hydroxylation is 3. The molecule has 0 fully saturated rings. The van der Waals surface area contributed by atoms with E-state index in [2.05, 4.69) is 142 Å². The van der Waals surface area contributed by atoms with Crippen LogP contribution in [-0.4, -0.2) is 38.0 Å². The van der Waals surface area contributed by atoms with Gasteiger partial charge in [0, 0.05) is 68.7 Å². The molecule has 0 radical (unpaired) electrons. The van der Waals surface area contributed by atoms with Crippen LogP contribution in [0.2, 0.25) is 0 Å². The molecule has 0 saturated carbocycles. The van der Waals surface area contributed by atoms with Crippen LogP contribution in [0.1, 0.15) is 31.0 Å². The van der Waals surface area contributed by atoms with Crippen molar-refractivity contribution >= 4 is 21.8 Å². The van der Waals surface area contributed by atoms with Crippen LogP contribution in [0.3, 0.4) is 0 Å². The summed E-state index contributed by atoms with van der Waals surface area (Å²) < 4.78 is 11.0. The zero-order valence-corrected chi connectivity index (χ0v) is 30.3. The van der Waals surface area contributed by atoms with E-state index in [1.807, 2.05) is 43.3 Å². The first-order chi connectivity index (χ1) is 24.0. The second kappa shape index (κ2) is 21.8. The third-order valence-corrected chi connectivity index (χ3v) is 7.57. The van der Waals surface area contributed by atoms with Crippen LogP contribution >= 0.6 is 0 Å². The van der Waals surface area contributed by atoms with Crippen molar-refractivity contribution in [2.75, 3.05) is 28.4 Å². The van der Waals surface area contributed by atoms with Gasteiger partial charge in [-0.05, 0) is 78.9 Å². The third kappa shape index (κ3) is 12.2. The molecule has 0 amide bonds. The van der Waals surface area contributed by atoms with Crippen LogP contribution in [0.5, 0.6) is 0 Å². The van der Waals surface area contributed by atoms with E-state index in [0.717, 1.165) is 12.2 Å². The van der Waals surface area contributed by atoms with Crippen molar-refractivity contribution in [2.24, 2.45) is 0 Å². The lowest BCUT2D eigenvalue weighted by molar-refractivity contribution is 0.277. The topological polar surface area (TPSA) is 36.3 Å². The highest BCUT2D eigenvalue weighted by atomic mass is 16.5. The molecule has 0 aliphatic heterocycles. The van der Waals surface area contributed by atoms with Crippen molar-refractivity contribution < 1.29 is 9.47 Å². The molecule has 0 atom stereocenters. The van der Waals surface area contributed by atoms with E-state index < -0.39 is 0 Å². The zero-order valence-electron chi connectivity index (χ0n) is 30.3. The number of methoxy groups -OCH3 is 2. The molecular formula is C45H52N2O2. The largest absolute Gasteiger partial charge is 0.388 e. The lowest BCUT2D eigenvalue weighted by Gasteiger charge is -2.07. The highest BCUT2D eigenvalue weighted by Crippen LogP contribution is 2.35. The molecule has 0 saturated heterocycles. The summed E-state index contributed by atoms with van der Waals surface area (Å²) in [5.74, 6) is 0. The van der Waals surface area contributed by atoms with E-state index in [0.29, 0.717) is 0 Å². The number of rotatable bonds is 5. The van der Waals surface area contributed by atoms with Crippen LogP contribution in [-0.2, 0) is 16.0 Å². The number of benzene rings is 5. The SMILES string of the molecule is CCCCn1c2ccc(-c3ccccc3)cc2c2cc(-c3ccccc3)ccc21.COC.COC.Cc1ccccc1.Cc1ccccn1. The van der Waals surface area contributed by atoms with E-state index >= 15 is 0 Å². The highest BCUT2D eigenvalue weighted by Gasteiger charge is 2.13. The molecule has 49 heavy (non-hydrogen) atoms. The smallest absolute Gasteiger partial charge is 0.0491 e. The molecule has 4 heteroatoms. The van der Waals surface area contributed by atoms with E-state index in [4.69, 9.17) is 0 Å². The van der Waals surface area contributed by atoms with E-state index in [1.54, 1.807) is 34.6 Å². The molecule has 0 spiro atoms. The lowest BCUT2D eigenvalue weighted by atomic mass is 10.0. The van der Waals surface area contributed by atoms with Gasteiger partial charge in [-0.1, -0.05) is 128 Å². The Labute approximate surface area is 294 Å². The molecule has 0 aliphatic rings. The second-order valence-corrected chi connectivity index (χ2v) is 11.6. The molecule has 0 unspecified atom stereocenters. The minimum Gasteiger partial charge on any atom is -0.388 e. The predicted octanol–water partition coefficient (Wildman–Crippen LogP) is 11.8. The molecule has 0 aliphatic carbocycles. The van der Waals surface area contributed by atoms with Crippen LogP contribution in [0, 0.1) is 13.8 Å². The van der Waals surface area contributed by atoms with Gasteiger partial charge in [0.1, 0.15) is 0 Å². The minimum atomic E-state index is 1.06. The molecule has 2 heterocycles. The summed E-state index contributed by atoms with van der Waals surface area (Å²) in [5.41, 5.74) is 10.1. The minimum absolute atomic E-state index is 1.06. The Morgan fingerprint density at radius 3 is 1.27 bits per heavy atom. The van der Waals surface area contributed by atoms with Crippen molar-refractivity contribution in [3.63, 3.8) is 0 Å². The molecule has 2 aromatic heterocycles. The summed E-state index contributed by atoms with van der Waals surface area (Å²) >= 11 is 0. The summed E-state index contributed by atoms with van der Waals surface area (Å²) in [6.45, 7) is 7.38. The maximum atomic E-state index is 4.25. The Hall–Kier alpha value is -5.03. The van der Waals surface area contributed by atoms with Gasteiger partial charge >= 0.3 is 0 Å². The molecular weight excluding hydrogens is 601 g/mol. The van der Waals surface area contributed by atoms with Crippen molar-refractivity contribution in [3.05, 3.63) is 163 Å². The fourth-order valence-electron chi connectivity index (χ4n) is 5.26. The number of ether oxygens (including phenoxy) is 2. The average Bonchev–Trinajstić information content (AvgIpc) is 3.45. The first-order valence-corrected chi connectivity index (χ1v) is 16.8. The molecule has 0 bridgehead atoms. The fraction of sp³-hybridized carbons (Fsp3) is 0.222. The lowest BCUT2D eigenvalue weighted by Crippen LogP contribution is -1.97. The maximum Gasteiger partial charge on any atom is 0.0491 e. The zero-order chi connectivity index (χ0) is 35.3. The maximum absolute atomic E-state index is 4.25. The van der Waals surface area contributed by atoms with Gasteiger partial charge in [0.25, 0.3) is 0 Å². The first kappa shape index (κ1) is 38.4. The Morgan fingerprint density at radius 2 is 0.939 bits per heavy atom. The standard InChI is InChI=1S/C28H25N.C7H8.C6H7N.2C2H6O/c1-2-3-18-29-27-16-14-23(21-10-6-4-7-11-21)19-25(27)26-20-24(15-17-28(26)29)22-12-8-5-9-13-22;1-7-5-3-2-4-6-7;1-6-4-2-3-5-7-6;2*1-3-2/h4-17,19-20H,2-3,18H2,1H3;2-6H,1H3;2-5H,1H3;2*1-2H3. The number of hydrogen-bond donors (Lipinski definition) is 0. The van der Waals surface area contributed by atoms with Gasteiger partial charge in [0.05, 0.1) is 0 Å². The summed E-state index contributed by atoms with van der Waals surface area (Å²) in [7, 11) is 6.50. The Morgan fingerprint density at radius 1 is 0.510 bits per heavy atom. The molecule has 5 aromatic carbocycles. The van der Waals surface area contributed by atoms with Gasteiger partial charge in [-0.3, -0.25) is 4.98 Å². The van der Waals surface area contributed by atoms with Crippen LogP contribution in [0.4, 0.5) is 0 Å². The Bertz CT molecular complexity index is 1750. The van der Waals surface area contributed by atoms with Crippen molar-refractivity contribution in [3.8, 4) is 22.3 Å². The number of hydrogen-bond acceptors (Lipinski definition) is 3. The van der Waals surface area contributed by atoms with Gasteiger partial charge in [-0.25, -0.2) is 0 Å². The number of fused-ring (bicyclic) bond motifs is 3. The van der Waals surface area contributed by atoms with E-state index in [-0.39, 0.29) is 0 Å². The van der Waals surface area contributed by atoms with Crippen molar-refractivity contribution in [1.82, 2.24) is 9.55 Å². The second-order valence-electron chi connectivity index (χ2n) is 11.6. The molecule has 254 valence electrons. The van der Waals surface area contributed by atoms with Gasteiger partial charge in [0.2, 0.25) is 0 Å². The third-order valence-electron chi connectivity index (χ3n) is 7.57. The quantitative estimate of drug-likeness (QED) is 0.186. The van der Waals surface area contributed by atoms with Crippen molar-refractivity contribution in [2.45, 2.75) is 40.2 Å². The van der Waals surface area contributed by atoms with E-state index in [1.165, 1.54) is 62.5 Å². The van der Waals surface area contributed by atoms with Crippen molar-refractivity contribution in [1.29, 1.82) is 0 Å². The van der Waals surface area contributed by atoms with Gasteiger partial charge in [-0.2, -0.15) is 0 Å². The molecule has 0 N–H and O–H groups in total. The predicted molar refractivity (Wildman–Crippen MR) is 211 cm³/mol. The normalized spacial score (nSPS) is 9.94. The summed E-state index contributed by atoms with van der Waals surface area (Å²) in [6, 6.07) is 51.3. The molecule has 4 nitrogen and oxygen atoms in total. The fourth-order valence-corrected chi connectivity index (χ4v) is 5.26. The van der Waals surface area contributed by atoms with Crippen LogP contribution < -0.4 is 0 Å². The van der Waals surface area contributed by atoms with Crippen LogP contribution in [0.15, 0.2) is 152 Å². The summed E-state index contributed by atoms with van der Waals surface area (Å²) in [6.07, 6.45) is 4.18. The molecule has 7 aromatic rings. The van der Waals surface area contributed by atoms with Gasteiger partial charge in [-0.15, -0.1) is 0 Å². The molecule has 7 rings (SSSR count). The number of nitrogens with zero attached hydrogens (tertiary/aromatic N) is 2. The summed E-state index contributed by atoms with van der Waals surface area (Å²) in [4.78, 5) is 3.98. The van der Waals surface area contributed by atoms with E-state index in [9.17, 15) is 0 Å². The highest BCUT2D eigenvalue weighted by molar-refractivity contribution is 6.10. The van der Waals surface area contributed by atoms with Crippen LogP contribution in [0.25, 0.3) is 44.1 Å². The Kier molecular flexibility index (Phi) is 17.1. The number of unbranched alkanes of at least 4 members (excludes halogenated alkanes) is 1.